The lowest BCUT2D eigenvalue weighted by Crippen LogP contribution is -2.55. The number of ether oxygens (including phenoxy) is 3. The van der Waals surface area contributed by atoms with Crippen LogP contribution in [-0.4, -0.2) is 47.9 Å². The van der Waals surface area contributed by atoms with E-state index < -0.39 is 40.6 Å². The molecule has 6 atom stereocenters. The van der Waals surface area contributed by atoms with E-state index in [-0.39, 0.29) is 11.9 Å². The number of fused-ring (bicyclic) bond motifs is 2. The Balaban J connectivity index is 1.86. The topological polar surface area (TPSA) is 102 Å². The van der Waals surface area contributed by atoms with Crippen LogP contribution in [0, 0.1) is 16.7 Å². The molecule has 0 aromatic heterocycles. The van der Waals surface area contributed by atoms with Crippen molar-refractivity contribution in [2.24, 2.45) is 16.7 Å². The largest absolute Gasteiger partial charge is 0.478 e. The van der Waals surface area contributed by atoms with Gasteiger partial charge in [-0.15, -0.1) is 0 Å². The minimum atomic E-state index is -1.07. The van der Waals surface area contributed by atoms with Crippen LogP contribution in [0.25, 0.3) is 0 Å². The lowest BCUT2D eigenvalue weighted by atomic mass is 9.48. The molecule has 0 spiro atoms. The summed E-state index contributed by atoms with van der Waals surface area (Å²) in [5, 5.41) is 9.46. The standard InChI is InChI=1S/C19H22O7/c1-17-6-4-7-18(2)14(17)13(25-16(18)23)15-19(26-15,8-5-12(22)24-3)10(17)9-11(20)21/h5,8-9,13-15H,4,6-7H2,1-3H3,(H,20,21)/b8-5+,10-9-/t13-,14+,15+,17+,18-,19-/m0/s1. The number of aliphatic carboxylic acids is 1. The fraction of sp³-hybridized carbons (Fsp3) is 0.632. The Morgan fingerprint density at radius 2 is 1.96 bits per heavy atom. The lowest BCUT2D eigenvalue weighted by Gasteiger charge is -2.51. The molecule has 2 aliphatic heterocycles. The molecule has 0 bridgehead atoms. The summed E-state index contributed by atoms with van der Waals surface area (Å²) in [6.45, 7) is 3.90. The highest BCUT2D eigenvalue weighted by molar-refractivity contribution is 5.85. The quantitative estimate of drug-likeness (QED) is 0.462. The maximum absolute atomic E-state index is 12.6. The van der Waals surface area contributed by atoms with Gasteiger partial charge < -0.3 is 19.3 Å². The SMILES string of the molecule is COC(=O)/C=C/[C@@]12O[C@@H]1[C@H]1OC(=O)[C@@]3(C)CCC[C@](C)(/C2=C/C(=O)O)[C@@H]13. The second-order valence-corrected chi connectivity index (χ2v) is 8.12. The van der Waals surface area contributed by atoms with Crippen molar-refractivity contribution in [3.63, 3.8) is 0 Å². The Kier molecular flexibility index (Phi) is 3.45. The summed E-state index contributed by atoms with van der Waals surface area (Å²) in [7, 11) is 1.27. The van der Waals surface area contributed by atoms with Gasteiger partial charge in [0.05, 0.1) is 12.5 Å². The summed E-state index contributed by atoms with van der Waals surface area (Å²) < 4.78 is 16.3. The van der Waals surface area contributed by atoms with E-state index in [0.29, 0.717) is 5.57 Å². The summed E-state index contributed by atoms with van der Waals surface area (Å²) in [6, 6.07) is 0. The molecule has 4 fully saturated rings. The summed E-state index contributed by atoms with van der Waals surface area (Å²) in [6.07, 6.45) is 5.33. The molecule has 7 nitrogen and oxygen atoms in total. The molecular weight excluding hydrogens is 340 g/mol. The van der Waals surface area contributed by atoms with Gasteiger partial charge in [0.1, 0.15) is 17.8 Å². The van der Waals surface area contributed by atoms with Gasteiger partial charge in [0, 0.05) is 18.1 Å². The van der Waals surface area contributed by atoms with Gasteiger partial charge in [0.25, 0.3) is 0 Å². The van der Waals surface area contributed by atoms with Gasteiger partial charge in [-0.3, -0.25) is 4.79 Å². The predicted molar refractivity (Wildman–Crippen MR) is 87.9 cm³/mol. The fourth-order valence-electron chi connectivity index (χ4n) is 5.69. The molecule has 4 aliphatic rings. The summed E-state index contributed by atoms with van der Waals surface area (Å²) in [5.41, 5.74) is -1.63. The third-order valence-corrected chi connectivity index (χ3v) is 6.76. The molecule has 2 heterocycles. The normalized spacial score (nSPS) is 47.3. The van der Waals surface area contributed by atoms with Crippen LogP contribution in [0.4, 0.5) is 0 Å². The second-order valence-electron chi connectivity index (χ2n) is 8.12. The smallest absolute Gasteiger partial charge is 0.330 e. The van der Waals surface area contributed by atoms with E-state index in [1.54, 1.807) is 6.08 Å². The first-order chi connectivity index (χ1) is 12.2. The van der Waals surface area contributed by atoms with Crippen molar-refractivity contribution in [1.82, 2.24) is 0 Å². The average molecular weight is 362 g/mol. The molecule has 0 aromatic carbocycles. The Morgan fingerprint density at radius 3 is 2.62 bits per heavy atom. The molecule has 0 aromatic rings. The summed E-state index contributed by atoms with van der Waals surface area (Å²) in [5.74, 6) is -2.00. The number of esters is 2. The zero-order valence-corrected chi connectivity index (χ0v) is 15.0. The van der Waals surface area contributed by atoms with Gasteiger partial charge in [-0.2, -0.15) is 0 Å². The first kappa shape index (κ1) is 17.3. The van der Waals surface area contributed by atoms with E-state index in [0.717, 1.165) is 19.3 Å². The van der Waals surface area contributed by atoms with Crippen molar-refractivity contribution >= 4 is 17.9 Å². The van der Waals surface area contributed by atoms with E-state index in [4.69, 9.17) is 9.47 Å². The molecule has 0 radical (unpaired) electrons. The maximum Gasteiger partial charge on any atom is 0.330 e. The molecule has 7 heteroatoms. The molecule has 26 heavy (non-hydrogen) atoms. The highest BCUT2D eigenvalue weighted by Crippen LogP contribution is 2.71. The van der Waals surface area contributed by atoms with Crippen LogP contribution in [0.2, 0.25) is 0 Å². The molecular formula is C19H22O7. The maximum atomic E-state index is 12.6. The number of carbonyl (C=O) groups excluding carboxylic acids is 2. The molecule has 140 valence electrons. The predicted octanol–water partition coefficient (Wildman–Crippen LogP) is 1.62. The van der Waals surface area contributed by atoms with Crippen LogP contribution in [0.15, 0.2) is 23.8 Å². The van der Waals surface area contributed by atoms with Crippen molar-refractivity contribution in [1.29, 1.82) is 0 Å². The minimum absolute atomic E-state index is 0.144. The van der Waals surface area contributed by atoms with Crippen molar-refractivity contribution in [2.75, 3.05) is 7.11 Å². The van der Waals surface area contributed by atoms with Crippen molar-refractivity contribution < 1.29 is 33.7 Å². The third-order valence-electron chi connectivity index (χ3n) is 6.76. The van der Waals surface area contributed by atoms with Gasteiger partial charge in [-0.1, -0.05) is 13.3 Å². The second kappa shape index (κ2) is 5.19. The molecule has 2 aliphatic carbocycles. The molecule has 0 amide bonds. The average Bonchev–Trinajstić information content (AvgIpc) is 3.24. The van der Waals surface area contributed by atoms with Gasteiger partial charge in [0.2, 0.25) is 0 Å². The van der Waals surface area contributed by atoms with Crippen LogP contribution in [-0.2, 0) is 28.6 Å². The Labute approximate surface area is 151 Å². The Morgan fingerprint density at radius 1 is 1.27 bits per heavy atom. The van der Waals surface area contributed by atoms with E-state index in [1.807, 2.05) is 13.8 Å². The van der Waals surface area contributed by atoms with Crippen LogP contribution in [0.3, 0.4) is 0 Å². The van der Waals surface area contributed by atoms with Gasteiger partial charge >= 0.3 is 17.9 Å². The van der Waals surface area contributed by atoms with E-state index in [1.165, 1.54) is 19.3 Å². The number of carbonyl (C=O) groups is 3. The number of rotatable bonds is 3. The van der Waals surface area contributed by atoms with Gasteiger partial charge in [0.15, 0.2) is 0 Å². The summed E-state index contributed by atoms with van der Waals surface area (Å²) >= 11 is 0. The fourth-order valence-corrected chi connectivity index (χ4v) is 5.69. The Bertz CT molecular complexity index is 768. The number of hydrogen-bond donors (Lipinski definition) is 1. The molecule has 0 unspecified atom stereocenters. The molecule has 2 saturated heterocycles. The van der Waals surface area contributed by atoms with Gasteiger partial charge in [-0.05, 0) is 36.8 Å². The monoisotopic (exact) mass is 362 g/mol. The highest BCUT2D eigenvalue weighted by Gasteiger charge is 2.78. The molecule has 1 N–H and O–H groups in total. The summed E-state index contributed by atoms with van der Waals surface area (Å²) in [4.78, 5) is 35.8. The Hall–Kier alpha value is -2.15. The lowest BCUT2D eigenvalue weighted by molar-refractivity contribution is -0.149. The van der Waals surface area contributed by atoms with E-state index in [2.05, 4.69) is 4.74 Å². The van der Waals surface area contributed by atoms with Crippen molar-refractivity contribution in [2.45, 2.75) is 50.9 Å². The van der Waals surface area contributed by atoms with Crippen LogP contribution >= 0.6 is 0 Å². The van der Waals surface area contributed by atoms with Crippen molar-refractivity contribution in [3.8, 4) is 0 Å². The van der Waals surface area contributed by atoms with E-state index in [9.17, 15) is 19.5 Å². The third kappa shape index (κ3) is 2.00. The minimum Gasteiger partial charge on any atom is -0.478 e. The molecule has 4 rings (SSSR count). The highest BCUT2D eigenvalue weighted by atomic mass is 16.7. The first-order valence-electron chi connectivity index (χ1n) is 8.81. The van der Waals surface area contributed by atoms with Gasteiger partial charge in [-0.25, -0.2) is 9.59 Å². The number of carboxylic acids is 1. The number of hydrogen-bond acceptors (Lipinski definition) is 6. The van der Waals surface area contributed by atoms with E-state index >= 15 is 0 Å². The number of carboxylic acid groups (broad SMARTS) is 1. The van der Waals surface area contributed by atoms with Crippen LogP contribution in [0.5, 0.6) is 0 Å². The zero-order valence-electron chi connectivity index (χ0n) is 15.0. The van der Waals surface area contributed by atoms with Crippen LogP contribution in [0.1, 0.15) is 33.1 Å². The number of methoxy groups -OCH3 is 1. The first-order valence-corrected chi connectivity index (χ1v) is 8.81. The zero-order chi connectivity index (χ0) is 18.9. The van der Waals surface area contributed by atoms with Crippen molar-refractivity contribution in [3.05, 3.63) is 23.8 Å². The van der Waals surface area contributed by atoms with Crippen LogP contribution < -0.4 is 0 Å². The molecule has 2 saturated carbocycles. The number of epoxide rings is 1.